The lowest BCUT2D eigenvalue weighted by molar-refractivity contribution is -0.138. The molecule has 0 atom stereocenters. The van der Waals surface area contributed by atoms with Gasteiger partial charge in [-0.05, 0) is 19.1 Å². The Kier molecular flexibility index (Phi) is 6.24. The lowest BCUT2D eigenvalue weighted by atomic mass is 10.3. The highest BCUT2D eigenvalue weighted by Gasteiger charge is 2.20. The van der Waals surface area contributed by atoms with Crippen LogP contribution in [-0.2, 0) is 20.0 Å². The molecule has 0 radical (unpaired) electrons. The summed E-state index contributed by atoms with van der Waals surface area (Å²) < 4.78 is 15.4. The average Bonchev–Trinajstić information content (AvgIpc) is 3.10. The van der Waals surface area contributed by atoms with Crippen molar-refractivity contribution < 1.29 is 23.6 Å². The van der Waals surface area contributed by atoms with Crippen LogP contribution in [0.2, 0.25) is 0 Å². The van der Waals surface area contributed by atoms with Crippen LogP contribution >= 0.6 is 11.8 Å². The van der Waals surface area contributed by atoms with Crippen LogP contribution in [0.25, 0.3) is 0 Å². The fraction of sp³-hybridized carbons (Fsp3) is 0.412. The lowest BCUT2D eigenvalue weighted by Crippen LogP contribution is -2.42. The summed E-state index contributed by atoms with van der Waals surface area (Å²) in [6.07, 6.45) is 1.60. The van der Waals surface area contributed by atoms with Crippen molar-refractivity contribution in [3.8, 4) is 0 Å². The minimum absolute atomic E-state index is 0.224. The van der Waals surface area contributed by atoms with E-state index in [4.69, 9.17) is 14.0 Å². The van der Waals surface area contributed by atoms with Crippen LogP contribution in [0.4, 0.5) is 0 Å². The Bertz CT molecular complexity index is 773. The lowest BCUT2D eigenvalue weighted by Gasteiger charge is -2.26. The second-order valence-electron chi connectivity index (χ2n) is 5.64. The number of hydrogen-bond acceptors (Lipinski definition) is 8. The molecule has 26 heavy (non-hydrogen) atoms. The first-order valence-electron chi connectivity index (χ1n) is 8.16. The number of thioether (sulfide) groups is 1. The van der Waals surface area contributed by atoms with Gasteiger partial charge in [0.25, 0.3) is 5.91 Å². The number of amides is 1. The molecule has 3 heterocycles. The Labute approximate surface area is 154 Å². The van der Waals surface area contributed by atoms with Gasteiger partial charge in [0.05, 0.1) is 24.5 Å². The SMILES string of the molecule is Cc1cc(CSc2ncccc2C(=O)OCC(=O)N2CCOCC2)no1. The molecule has 138 valence electrons. The summed E-state index contributed by atoms with van der Waals surface area (Å²) in [7, 11) is 0. The maximum atomic E-state index is 12.4. The zero-order valence-corrected chi connectivity index (χ0v) is 15.2. The normalized spacial score (nSPS) is 14.3. The molecule has 8 nitrogen and oxygen atoms in total. The van der Waals surface area contributed by atoms with Crippen molar-refractivity contribution in [2.45, 2.75) is 17.7 Å². The van der Waals surface area contributed by atoms with E-state index in [0.29, 0.717) is 42.6 Å². The van der Waals surface area contributed by atoms with Crippen LogP contribution in [0.1, 0.15) is 21.8 Å². The van der Waals surface area contributed by atoms with Crippen molar-refractivity contribution in [1.82, 2.24) is 15.0 Å². The molecule has 2 aromatic heterocycles. The van der Waals surface area contributed by atoms with Crippen LogP contribution < -0.4 is 0 Å². The third-order valence-electron chi connectivity index (χ3n) is 3.72. The third-order valence-corrected chi connectivity index (χ3v) is 4.75. The molecule has 9 heteroatoms. The van der Waals surface area contributed by atoms with E-state index in [0.717, 1.165) is 11.5 Å². The van der Waals surface area contributed by atoms with E-state index < -0.39 is 5.97 Å². The van der Waals surface area contributed by atoms with Gasteiger partial charge in [0.2, 0.25) is 0 Å². The Morgan fingerprint density at radius 3 is 2.88 bits per heavy atom. The number of hydrogen-bond donors (Lipinski definition) is 0. The largest absolute Gasteiger partial charge is 0.452 e. The van der Waals surface area contributed by atoms with E-state index >= 15 is 0 Å². The Hall–Kier alpha value is -2.39. The Morgan fingerprint density at radius 1 is 1.35 bits per heavy atom. The summed E-state index contributed by atoms with van der Waals surface area (Å²) in [6, 6.07) is 5.12. The van der Waals surface area contributed by atoms with Crippen LogP contribution in [-0.4, -0.2) is 59.8 Å². The summed E-state index contributed by atoms with van der Waals surface area (Å²) in [5, 5.41) is 4.44. The van der Waals surface area contributed by atoms with Gasteiger partial charge in [-0.3, -0.25) is 4.79 Å². The molecule has 2 aromatic rings. The number of carbonyl (C=O) groups is 2. The van der Waals surface area contributed by atoms with Gasteiger partial charge in [-0.15, -0.1) is 0 Å². The molecule has 0 saturated carbocycles. The van der Waals surface area contributed by atoms with Crippen molar-refractivity contribution in [3.63, 3.8) is 0 Å². The van der Waals surface area contributed by atoms with Gasteiger partial charge in [-0.1, -0.05) is 16.9 Å². The maximum Gasteiger partial charge on any atom is 0.341 e. The molecule has 3 rings (SSSR count). The summed E-state index contributed by atoms with van der Waals surface area (Å²) >= 11 is 1.36. The molecule has 0 N–H and O–H groups in total. The molecular weight excluding hydrogens is 358 g/mol. The number of nitrogens with zero attached hydrogens (tertiary/aromatic N) is 3. The standard InChI is InChI=1S/C17H19N3O5S/c1-12-9-13(19-25-12)11-26-16-14(3-2-4-18-16)17(22)24-10-15(21)20-5-7-23-8-6-20/h2-4,9H,5-8,10-11H2,1H3. The first-order valence-corrected chi connectivity index (χ1v) is 9.14. The monoisotopic (exact) mass is 377 g/mol. The first-order chi connectivity index (χ1) is 12.6. The van der Waals surface area contributed by atoms with Gasteiger partial charge < -0.3 is 18.9 Å². The molecule has 1 aliphatic heterocycles. The number of carbonyl (C=O) groups excluding carboxylic acids is 2. The van der Waals surface area contributed by atoms with E-state index in [2.05, 4.69) is 10.1 Å². The Morgan fingerprint density at radius 2 is 2.15 bits per heavy atom. The number of aromatic nitrogens is 2. The maximum absolute atomic E-state index is 12.4. The zero-order chi connectivity index (χ0) is 18.4. The van der Waals surface area contributed by atoms with Crippen molar-refractivity contribution in [3.05, 3.63) is 41.4 Å². The summed E-state index contributed by atoms with van der Waals surface area (Å²) in [5.74, 6) is 0.445. The highest BCUT2D eigenvalue weighted by Crippen LogP contribution is 2.24. The van der Waals surface area contributed by atoms with Gasteiger partial charge in [0, 0.05) is 31.1 Å². The smallest absolute Gasteiger partial charge is 0.341 e. The first kappa shape index (κ1) is 18.4. The number of rotatable bonds is 6. The number of ether oxygens (including phenoxy) is 2. The van der Waals surface area contributed by atoms with Crippen molar-refractivity contribution in [2.24, 2.45) is 0 Å². The predicted molar refractivity (Wildman–Crippen MR) is 92.7 cm³/mol. The number of aryl methyl sites for hydroxylation is 1. The highest BCUT2D eigenvalue weighted by atomic mass is 32.2. The van der Waals surface area contributed by atoms with Crippen molar-refractivity contribution in [1.29, 1.82) is 0 Å². The van der Waals surface area contributed by atoms with Gasteiger partial charge in [-0.25, -0.2) is 9.78 Å². The molecule has 0 aliphatic carbocycles. The number of morpholine rings is 1. The van der Waals surface area contributed by atoms with Crippen LogP contribution in [0.3, 0.4) is 0 Å². The molecule has 0 bridgehead atoms. The Balaban J connectivity index is 1.57. The van der Waals surface area contributed by atoms with Crippen molar-refractivity contribution >= 4 is 23.6 Å². The second kappa shape index (κ2) is 8.81. The van der Waals surface area contributed by atoms with E-state index in [9.17, 15) is 9.59 Å². The second-order valence-corrected chi connectivity index (χ2v) is 6.61. The molecule has 1 fully saturated rings. The van der Waals surface area contributed by atoms with E-state index in [1.807, 2.05) is 13.0 Å². The zero-order valence-electron chi connectivity index (χ0n) is 14.3. The molecule has 1 saturated heterocycles. The van der Waals surface area contributed by atoms with Gasteiger partial charge in [-0.2, -0.15) is 0 Å². The number of pyridine rings is 1. The van der Waals surface area contributed by atoms with E-state index in [1.165, 1.54) is 11.8 Å². The molecule has 0 spiro atoms. The topological polar surface area (TPSA) is 94.8 Å². The molecule has 0 unspecified atom stereocenters. The van der Waals surface area contributed by atoms with Gasteiger partial charge in [0.15, 0.2) is 6.61 Å². The summed E-state index contributed by atoms with van der Waals surface area (Å²) in [4.78, 5) is 30.3. The average molecular weight is 377 g/mol. The molecule has 0 aromatic carbocycles. The van der Waals surface area contributed by atoms with Crippen LogP contribution in [0.15, 0.2) is 33.9 Å². The van der Waals surface area contributed by atoms with Crippen molar-refractivity contribution in [2.75, 3.05) is 32.9 Å². The van der Waals surface area contributed by atoms with E-state index in [-0.39, 0.29) is 12.5 Å². The van der Waals surface area contributed by atoms with Gasteiger partial charge in [0.1, 0.15) is 10.8 Å². The molecule has 1 aliphatic rings. The van der Waals surface area contributed by atoms with Gasteiger partial charge >= 0.3 is 5.97 Å². The van der Waals surface area contributed by atoms with Crippen LogP contribution in [0, 0.1) is 6.92 Å². The van der Waals surface area contributed by atoms with E-state index in [1.54, 1.807) is 23.2 Å². The molecule has 1 amide bonds. The molecular formula is C17H19N3O5S. The number of esters is 1. The minimum atomic E-state index is -0.571. The van der Waals surface area contributed by atoms with Crippen LogP contribution in [0.5, 0.6) is 0 Å². The summed E-state index contributed by atoms with van der Waals surface area (Å²) in [6.45, 7) is 3.56. The third kappa shape index (κ3) is 4.83. The predicted octanol–water partition coefficient (Wildman–Crippen LogP) is 1.69. The summed E-state index contributed by atoms with van der Waals surface area (Å²) in [5.41, 5.74) is 1.09. The quantitative estimate of drug-likeness (QED) is 0.554. The fourth-order valence-electron chi connectivity index (χ4n) is 2.40. The fourth-order valence-corrected chi connectivity index (χ4v) is 3.26. The minimum Gasteiger partial charge on any atom is -0.452 e. The highest BCUT2D eigenvalue weighted by molar-refractivity contribution is 7.98.